The molecule has 0 aliphatic heterocycles. The number of fused-ring (bicyclic) bond motifs is 5. The lowest BCUT2D eigenvalue weighted by Crippen LogP contribution is -2.50. The monoisotopic (exact) mass is 442 g/mol. The normalized spacial score (nSPS) is 39.1. The highest BCUT2D eigenvalue weighted by atomic mass is 16.3. The molecule has 4 aliphatic rings. The molecule has 172 valence electrons. The number of allylic oxidation sites excluding steroid dienone is 2. The molecule has 4 heteroatoms. The van der Waals surface area contributed by atoms with Gasteiger partial charge in [0, 0.05) is 5.41 Å². The summed E-state index contributed by atoms with van der Waals surface area (Å²) in [6.45, 7) is 4.67. The van der Waals surface area contributed by atoms with Gasteiger partial charge in [-0.2, -0.15) is 5.10 Å². The number of aliphatic hydroxyl groups is 1. The third kappa shape index (κ3) is 3.13. The van der Waals surface area contributed by atoms with Crippen molar-refractivity contribution in [3.8, 4) is 5.69 Å². The third-order valence-corrected chi connectivity index (χ3v) is 9.71. The van der Waals surface area contributed by atoms with E-state index >= 15 is 0 Å². The largest absolute Gasteiger partial charge is 0.393 e. The number of hydrogen-bond acceptors (Lipinski definition) is 3. The van der Waals surface area contributed by atoms with Gasteiger partial charge in [0.1, 0.15) is 0 Å². The van der Waals surface area contributed by atoms with Gasteiger partial charge in [0.25, 0.3) is 0 Å². The number of nitrogens with zero attached hydrogens (tertiary/aromatic N) is 2. The summed E-state index contributed by atoms with van der Waals surface area (Å²) in [5.74, 6) is 1.95. The highest BCUT2D eigenvalue weighted by Gasteiger charge is 2.59. The lowest BCUT2D eigenvalue weighted by atomic mass is 9.48. The van der Waals surface area contributed by atoms with Crippen molar-refractivity contribution in [2.24, 2.45) is 28.6 Å². The van der Waals surface area contributed by atoms with Gasteiger partial charge in [-0.25, -0.2) is 4.68 Å². The summed E-state index contributed by atoms with van der Waals surface area (Å²) in [6.07, 6.45) is 13.1. The van der Waals surface area contributed by atoms with Crippen LogP contribution in [0.5, 0.6) is 0 Å². The first-order chi connectivity index (χ1) is 15.9. The molecule has 0 radical (unpaired) electrons. The Labute approximate surface area is 196 Å². The van der Waals surface area contributed by atoms with Gasteiger partial charge in [0.2, 0.25) is 0 Å². The number of benzene rings is 1. The first-order valence-corrected chi connectivity index (χ1v) is 12.6. The van der Waals surface area contributed by atoms with Gasteiger partial charge < -0.3 is 5.11 Å². The Kier molecular flexibility index (Phi) is 4.81. The Morgan fingerprint density at radius 1 is 1.03 bits per heavy atom. The van der Waals surface area contributed by atoms with Gasteiger partial charge in [-0.15, -0.1) is 0 Å². The van der Waals surface area contributed by atoms with E-state index in [4.69, 9.17) is 0 Å². The molecule has 3 fully saturated rings. The third-order valence-electron chi connectivity index (χ3n) is 9.71. The summed E-state index contributed by atoms with van der Waals surface area (Å²) >= 11 is 0. The molecule has 4 nitrogen and oxygen atoms in total. The van der Waals surface area contributed by atoms with Crippen molar-refractivity contribution in [2.45, 2.75) is 64.9 Å². The first kappa shape index (κ1) is 21.1. The fourth-order valence-corrected chi connectivity index (χ4v) is 7.83. The van der Waals surface area contributed by atoms with E-state index in [0.717, 1.165) is 61.9 Å². The summed E-state index contributed by atoms with van der Waals surface area (Å²) in [7, 11) is 0. The van der Waals surface area contributed by atoms with Crippen LogP contribution in [0.2, 0.25) is 0 Å². The maximum Gasteiger partial charge on any atom is 0.165 e. The number of aromatic nitrogens is 2. The fourth-order valence-electron chi connectivity index (χ4n) is 7.83. The minimum absolute atomic E-state index is 0.174. The molecule has 0 bridgehead atoms. The van der Waals surface area contributed by atoms with Crippen molar-refractivity contribution in [2.75, 3.05) is 0 Å². The zero-order valence-electron chi connectivity index (χ0n) is 19.7. The van der Waals surface area contributed by atoms with E-state index in [0.29, 0.717) is 23.5 Å². The van der Waals surface area contributed by atoms with Gasteiger partial charge in [-0.05, 0) is 98.0 Å². The molecule has 0 spiro atoms. The number of carbonyl (C=O) groups is 1. The molecule has 6 rings (SSSR count). The van der Waals surface area contributed by atoms with Crippen LogP contribution in [0.25, 0.3) is 11.8 Å². The second-order valence-corrected chi connectivity index (χ2v) is 11.3. The molecular weight excluding hydrogens is 408 g/mol. The number of aliphatic hydroxyl groups excluding tert-OH is 1. The van der Waals surface area contributed by atoms with Gasteiger partial charge in [0.15, 0.2) is 5.78 Å². The van der Waals surface area contributed by atoms with Crippen LogP contribution in [0.15, 0.2) is 59.8 Å². The van der Waals surface area contributed by atoms with Crippen LogP contribution in [0.3, 0.4) is 0 Å². The Balaban J connectivity index is 1.33. The lowest BCUT2D eigenvalue weighted by Gasteiger charge is -2.56. The van der Waals surface area contributed by atoms with E-state index in [1.807, 2.05) is 47.3 Å². The van der Waals surface area contributed by atoms with Crippen molar-refractivity contribution in [3.05, 3.63) is 65.5 Å². The van der Waals surface area contributed by atoms with Crippen molar-refractivity contribution in [1.82, 2.24) is 9.78 Å². The second-order valence-electron chi connectivity index (χ2n) is 11.3. The number of para-hydroxylation sites is 1. The van der Waals surface area contributed by atoms with E-state index in [1.54, 1.807) is 0 Å². The predicted molar refractivity (Wildman–Crippen MR) is 130 cm³/mol. The number of carbonyl (C=O) groups excluding carboxylic acids is 1. The molecule has 0 unspecified atom stereocenters. The van der Waals surface area contributed by atoms with E-state index in [9.17, 15) is 9.90 Å². The smallest absolute Gasteiger partial charge is 0.165 e. The fraction of sp³-hybridized carbons (Fsp3) is 0.517. The van der Waals surface area contributed by atoms with Crippen LogP contribution >= 0.6 is 0 Å². The minimum atomic E-state index is -0.250. The van der Waals surface area contributed by atoms with Crippen molar-refractivity contribution in [1.29, 1.82) is 0 Å². The van der Waals surface area contributed by atoms with Crippen molar-refractivity contribution < 1.29 is 9.90 Å². The maximum atomic E-state index is 13.8. The molecule has 0 saturated heterocycles. The minimum Gasteiger partial charge on any atom is -0.393 e. The zero-order valence-corrected chi connectivity index (χ0v) is 19.7. The molecule has 0 amide bonds. The molecule has 33 heavy (non-hydrogen) atoms. The van der Waals surface area contributed by atoms with Crippen LogP contribution < -0.4 is 0 Å². The summed E-state index contributed by atoms with van der Waals surface area (Å²) in [4.78, 5) is 13.8. The van der Waals surface area contributed by atoms with Crippen LogP contribution in [0.4, 0.5) is 0 Å². The van der Waals surface area contributed by atoms with Crippen LogP contribution in [-0.4, -0.2) is 26.8 Å². The molecule has 2 aromatic rings. The number of hydrogen-bond donors (Lipinski definition) is 1. The summed E-state index contributed by atoms with van der Waals surface area (Å²) in [6, 6.07) is 12.1. The van der Waals surface area contributed by atoms with Gasteiger partial charge >= 0.3 is 0 Å². The predicted octanol–water partition coefficient (Wildman–Crippen LogP) is 5.76. The number of rotatable bonds is 2. The Bertz CT molecular complexity index is 1150. The quantitative estimate of drug-likeness (QED) is 0.475. The zero-order chi connectivity index (χ0) is 22.8. The maximum absolute atomic E-state index is 13.8. The van der Waals surface area contributed by atoms with Crippen LogP contribution in [0.1, 0.15) is 64.5 Å². The van der Waals surface area contributed by atoms with Crippen LogP contribution in [-0.2, 0) is 4.79 Å². The Hall–Kier alpha value is -2.46. The van der Waals surface area contributed by atoms with E-state index in [2.05, 4.69) is 31.1 Å². The second kappa shape index (κ2) is 7.53. The molecule has 6 atom stereocenters. The van der Waals surface area contributed by atoms with Crippen molar-refractivity contribution in [3.63, 3.8) is 0 Å². The molecule has 1 aromatic carbocycles. The van der Waals surface area contributed by atoms with Gasteiger partial charge in [-0.3, -0.25) is 4.79 Å². The lowest BCUT2D eigenvalue weighted by molar-refractivity contribution is -0.130. The standard InChI is InChI=1S/C29H34N2O2/c1-28-13-10-23(32)18-20(28)8-9-24-25(28)11-14-29(2)26(24)17-19(27(29)33)16-22-12-15-30-31(22)21-6-4-3-5-7-21/h3-8,12,15-16,23-26,32H,9-11,13-14,17-18H2,1-2H3/b19-16+/t23-,24-,25+,26+,28-,29-/m0/s1. The number of Topliss-reactive ketones (excluding diaryl/α,β-unsaturated/α-hetero) is 1. The average Bonchev–Trinajstić information content (AvgIpc) is 3.38. The molecule has 1 N–H and O–H groups in total. The molecule has 1 aromatic heterocycles. The topological polar surface area (TPSA) is 55.1 Å². The molecule has 3 saturated carbocycles. The summed E-state index contributed by atoms with van der Waals surface area (Å²) < 4.78 is 1.93. The Morgan fingerprint density at radius 3 is 2.64 bits per heavy atom. The average molecular weight is 443 g/mol. The highest BCUT2D eigenvalue weighted by Crippen LogP contribution is 2.64. The number of ketones is 1. The summed E-state index contributed by atoms with van der Waals surface area (Å²) in [5, 5.41) is 14.8. The molecule has 4 aliphatic carbocycles. The van der Waals surface area contributed by atoms with Gasteiger partial charge in [0.05, 0.1) is 23.7 Å². The summed E-state index contributed by atoms with van der Waals surface area (Å²) in [5.41, 5.74) is 4.40. The molecule has 1 heterocycles. The first-order valence-electron chi connectivity index (χ1n) is 12.6. The van der Waals surface area contributed by atoms with Gasteiger partial charge in [-0.1, -0.05) is 43.7 Å². The van der Waals surface area contributed by atoms with E-state index in [-0.39, 0.29) is 16.9 Å². The van der Waals surface area contributed by atoms with E-state index < -0.39 is 0 Å². The Morgan fingerprint density at radius 2 is 1.82 bits per heavy atom. The highest BCUT2D eigenvalue weighted by molar-refractivity contribution is 6.05. The van der Waals surface area contributed by atoms with E-state index in [1.165, 1.54) is 5.57 Å². The molecular formula is C29H34N2O2. The van der Waals surface area contributed by atoms with Crippen molar-refractivity contribution >= 4 is 11.9 Å². The SMILES string of the molecule is C[C@]12CC[C@H](O)CC1=CC[C@H]1[C@H]2CC[C@]2(C)C(=O)/C(=C/c3ccnn3-c3ccccc3)C[C@H]12. The van der Waals surface area contributed by atoms with Crippen LogP contribution in [0, 0.1) is 28.6 Å².